The number of carbonyl (C=O) groups is 1. The third kappa shape index (κ3) is 6.85. The fourth-order valence-corrected chi connectivity index (χ4v) is 7.11. The molecule has 11 heteroatoms. The van der Waals surface area contributed by atoms with Gasteiger partial charge in [0, 0.05) is 5.56 Å². The molecule has 1 aliphatic rings. The summed E-state index contributed by atoms with van der Waals surface area (Å²) in [5.74, 6) is 1.72. The number of ether oxygens (including phenoxy) is 5. The summed E-state index contributed by atoms with van der Waals surface area (Å²) in [5.41, 5.74) is 2.99. The predicted molar refractivity (Wildman–Crippen MR) is 186 cm³/mol. The van der Waals surface area contributed by atoms with Gasteiger partial charge in [-0.15, -0.1) is 0 Å². The zero-order valence-electron chi connectivity index (χ0n) is 26.3. The molecular weight excluding hydrogens is 719 g/mol. The molecule has 1 atom stereocenters. The first kappa shape index (κ1) is 33.3. The van der Waals surface area contributed by atoms with Crippen LogP contribution in [0, 0.1) is 3.57 Å². The second-order valence-electron chi connectivity index (χ2n) is 10.3. The molecule has 0 radical (unpaired) electrons. The van der Waals surface area contributed by atoms with E-state index in [9.17, 15) is 9.59 Å². The Kier molecular flexibility index (Phi) is 10.8. The van der Waals surface area contributed by atoms with Crippen LogP contribution in [0.4, 0.5) is 0 Å². The van der Waals surface area contributed by atoms with Crippen LogP contribution in [0.2, 0.25) is 0 Å². The number of nitrogens with zero attached hydrogens (tertiary/aromatic N) is 2. The molecule has 4 aromatic rings. The van der Waals surface area contributed by atoms with Crippen LogP contribution in [0.3, 0.4) is 0 Å². The standard InChI is InChI=1S/C35H35IN2O7S/c1-6-11-26-30(34(40)44-7-2)31(24-19-23(41-3)14-15-27(24)42-4)38-33(39)29(46-35(38)37-26)18-22-16-25(36)32(28(17-22)43-5)45-20-21-12-9-8-10-13-21/h8-10,12-19,31H,6-7,11,20H2,1-5H3/b29-18-/t31-/m1/s1. The monoisotopic (exact) mass is 754 g/mol. The van der Waals surface area contributed by atoms with Crippen molar-refractivity contribution in [2.75, 3.05) is 27.9 Å². The number of allylic oxidation sites excluding steroid dienone is 1. The average Bonchev–Trinajstić information content (AvgIpc) is 3.37. The minimum atomic E-state index is -0.840. The summed E-state index contributed by atoms with van der Waals surface area (Å²) < 4.78 is 31.4. The Labute approximate surface area is 284 Å². The maximum atomic E-state index is 14.3. The predicted octanol–water partition coefficient (Wildman–Crippen LogP) is 5.79. The van der Waals surface area contributed by atoms with Gasteiger partial charge >= 0.3 is 5.97 Å². The van der Waals surface area contributed by atoms with Gasteiger partial charge in [-0.1, -0.05) is 55.0 Å². The van der Waals surface area contributed by atoms with Crippen LogP contribution in [0.15, 0.2) is 81.7 Å². The fourth-order valence-electron chi connectivity index (χ4n) is 5.31. The highest BCUT2D eigenvalue weighted by Crippen LogP contribution is 2.39. The van der Waals surface area contributed by atoms with Gasteiger partial charge in [0.15, 0.2) is 16.3 Å². The number of carbonyl (C=O) groups excluding carboxylic acids is 1. The Hall–Kier alpha value is -4.10. The SMILES string of the molecule is CCCC1=C(C(=O)OCC)[C@@H](c2cc(OC)ccc2OC)n2c(s/c(=C\c3cc(I)c(OCc4ccccc4)c(OC)c3)c2=O)=N1. The lowest BCUT2D eigenvalue weighted by molar-refractivity contribution is -0.139. The maximum Gasteiger partial charge on any atom is 0.338 e. The Morgan fingerprint density at radius 1 is 1.00 bits per heavy atom. The molecule has 0 N–H and O–H groups in total. The maximum absolute atomic E-state index is 14.3. The van der Waals surface area contributed by atoms with Gasteiger partial charge in [0.1, 0.15) is 24.1 Å². The van der Waals surface area contributed by atoms with E-state index in [-0.39, 0.29) is 12.2 Å². The molecule has 1 aliphatic heterocycles. The van der Waals surface area contributed by atoms with Gasteiger partial charge < -0.3 is 23.7 Å². The zero-order chi connectivity index (χ0) is 32.8. The molecule has 46 heavy (non-hydrogen) atoms. The molecule has 0 aliphatic carbocycles. The van der Waals surface area contributed by atoms with Crippen LogP contribution in [-0.4, -0.2) is 38.5 Å². The molecule has 0 amide bonds. The highest BCUT2D eigenvalue weighted by molar-refractivity contribution is 14.1. The number of fused-ring (bicyclic) bond motifs is 1. The number of hydrogen-bond acceptors (Lipinski definition) is 9. The van der Waals surface area contributed by atoms with Crippen LogP contribution in [-0.2, 0) is 16.1 Å². The van der Waals surface area contributed by atoms with Crippen molar-refractivity contribution in [3.05, 3.63) is 112 Å². The van der Waals surface area contributed by atoms with Crippen LogP contribution >= 0.6 is 33.9 Å². The van der Waals surface area contributed by atoms with E-state index < -0.39 is 12.0 Å². The van der Waals surface area contributed by atoms with Crippen molar-refractivity contribution in [2.45, 2.75) is 39.3 Å². The van der Waals surface area contributed by atoms with E-state index >= 15 is 0 Å². The Bertz CT molecular complexity index is 1950. The third-order valence-corrected chi connectivity index (χ3v) is 9.18. The van der Waals surface area contributed by atoms with E-state index in [1.165, 1.54) is 11.3 Å². The molecule has 0 spiro atoms. The van der Waals surface area contributed by atoms with Crippen molar-refractivity contribution in [2.24, 2.45) is 4.99 Å². The van der Waals surface area contributed by atoms with Crippen LogP contribution in [0.25, 0.3) is 6.08 Å². The number of esters is 1. The Morgan fingerprint density at radius 3 is 2.43 bits per heavy atom. The van der Waals surface area contributed by atoms with Crippen LogP contribution in [0.1, 0.15) is 49.4 Å². The molecule has 0 unspecified atom stereocenters. The van der Waals surface area contributed by atoms with Crippen LogP contribution in [0.5, 0.6) is 23.0 Å². The number of hydrogen-bond donors (Lipinski definition) is 0. The lowest BCUT2D eigenvalue weighted by Gasteiger charge is -2.27. The van der Waals surface area contributed by atoms with E-state index in [4.69, 9.17) is 28.7 Å². The highest BCUT2D eigenvalue weighted by Gasteiger charge is 2.36. The average molecular weight is 755 g/mol. The summed E-state index contributed by atoms with van der Waals surface area (Å²) in [6.45, 7) is 4.34. The first-order valence-corrected chi connectivity index (χ1v) is 16.7. The second kappa shape index (κ2) is 15.0. The van der Waals surface area contributed by atoms with Crippen molar-refractivity contribution in [1.82, 2.24) is 4.57 Å². The minimum Gasteiger partial charge on any atom is -0.497 e. The van der Waals surface area contributed by atoms with Crippen molar-refractivity contribution in [3.63, 3.8) is 0 Å². The number of rotatable bonds is 12. The van der Waals surface area contributed by atoms with E-state index in [0.29, 0.717) is 62.2 Å². The van der Waals surface area contributed by atoms with E-state index in [1.807, 2.05) is 55.5 Å². The molecule has 2 heterocycles. The number of benzene rings is 3. The molecule has 0 saturated carbocycles. The van der Waals surface area contributed by atoms with Crippen molar-refractivity contribution >= 4 is 46.0 Å². The van der Waals surface area contributed by atoms with Gasteiger partial charge in [-0.2, -0.15) is 0 Å². The fraction of sp³-hybridized carbons (Fsp3) is 0.286. The van der Waals surface area contributed by atoms with Crippen molar-refractivity contribution in [3.8, 4) is 23.0 Å². The normalized spacial score (nSPS) is 14.4. The summed E-state index contributed by atoms with van der Waals surface area (Å²) in [6, 6.07) is 18.2. The smallest absolute Gasteiger partial charge is 0.338 e. The Morgan fingerprint density at radius 2 is 1.76 bits per heavy atom. The van der Waals surface area contributed by atoms with E-state index in [1.54, 1.807) is 51.0 Å². The number of methoxy groups -OCH3 is 3. The summed E-state index contributed by atoms with van der Waals surface area (Å²) in [7, 11) is 4.71. The number of halogens is 1. The molecule has 240 valence electrons. The summed E-state index contributed by atoms with van der Waals surface area (Å²) in [4.78, 5) is 33.2. The topological polar surface area (TPSA) is 97.6 Å². The third-order valence-electron chi connectivity index (χ3n) is 7.40. The van der Waals surface area contributed by atoms with Gasteiger partial charge in [0.05, 0.1) is 47.3 Å². The van der Waals surface area contributed by atoms with Crippen molar-refractivity contribution < 1.29 is 28.5 Å². The number of thiazole rings is 1. The van der Waals surface area contributed by atoms with E-state index in [2.05, 4.69) is 22.6 Å². The van der Waals surface area contributed by atoms with Crippen molar-refractivity contribution in [1.29, 1.82) is 0 Å². The molecule has 9 nitrogen and oxygen atoms in total. The first-order valence-electron chi connectivity index (χ1n) is 14.8. The molecule has 5 rings (SSSR count). The molecule has 0 saturated heterocycles. The largest absolute Gasteiger partial charge is 0.497 e. The number of aromatic nitrogens is 1. The first-order chi connectivity index (χ1) is 22.3. The summed E-state index contributed by atoms with van der Waals surface area (Å²) in [5, 5.41) is 0. The van der Waals surface area contributed by atoms with Crippen LogP contribution < -0.4 is 33.8 Å². The molecule has 0 fully saturated rings. The van der Waals surface area contributed by atoms with Gasteiger partial charge in [-0.05, 0) is 83.5 Å². The lowest BCUT2D eigenvalue weighted by atomic mass is 9.93. The minimum absolute atomic E-state index is 0.180. The molecular formula is C35H35IN2O7S. The second-order valence-corrected chi connectivity index (χ2v) is 12.5. The summed E-state index contributed by atoms with van der Waals surface area (Å²) >= 11 is 3.48. The highest BCUT2D eigenvalue weighted by atomic mass is 127. The van der Waals surface area contributed by atoms with Gasteiger partial charge in [0.2, 0.25) is 0 Å². The quantitative estimate of drug-likeness (QED) is 0.134. The van der Waals surface area contributed by atoms with E-state index in [0.717, 1.165) is 21.1 Å². The molecule has 0 bridgehead atoms. The summed E-state index contributed by atoms with van der Waals surface area (Å²) in [6.07, 6.45) is 3.08. The van der Waals surface area contributed by atoms with Gasteiger partial charge in [0.25, 0.3) is 5.56 Å². The molecule has 1 aromatic heterocycles. The zero-order valence-corrected chi connectivity index (χ0v) is 29.3. The molecule has 3 aromatic carbocycles. The van der Waals surface area contributed by atoms with Gasteiger partial charge in [-0.3, -0.25) is 9.36 Å². The lowest BCUT2D eigenvalue weighted by Crippen LogP contribution is -2.40. The Balaban J connectivity index is 1.67. The van der Waals surface area contributed by atoms with Gasteiger partial charge in [-0.25, -0.2) is 9.79 Å².